The third-order valence-corrected chi connectivity index (χ3v) is 5.77. The van der Waals surface area contributed by atoms with Crippen molar-refractivity contribution in [1.82, 2.24) is 0 Å². The van der Waals surface area contributed by atoms with Crippen molar-refractivity contribution in [2.45, 2.75) is 44.9 Å². The van der Waals surface area contributed by atoms with Crippen LogP contribution in [0.1, 0.15) is 49.7 Å². The number of hydrogen-bond donors (Lipinski definition) is 0. The third-order valence-electron chi connectivity index (χ3n) is 5.77. The van der Waals surface area contributed by atoms with Crippen molar-refractivity contribution in [3.05, 3.63) is 70.9 Å². The van der Waals surface area contributed by atoms with E-state index >= 15 is 0 Å². The predicted molar refractivity (Wildman–Crippen MR) is 110 cm³/mol. The highest BCUT2D eigenvalue weighted by atomic mass is 16.5. The molecule has 0 radical (unpaired) electrons. The lowest BCUT2D eigenvalue weighted by atomic mass is 9.77. The minimum absolute atomic E-state index is 0.0468. The molecule has 2 aromatic carbocycles. The van der Waals surface area contributed by atoms with Crippen LogP contribution in [0.2, 0.25) is 0 Å². The number of carbonyl (C=O) groups is 2. The molecule has 28 heavy (non-hydrogen) atoms. The standard InChI is InChI=1S/C24H25NO3/c1-3-16-10-12-18(13-11-16)25-21-8-5-9-22(26)24(21)20(15-23(25)27)17-6-4-7-19(14-17)28-2/h4,6-7,10-14,20H,3,5,8-9,15H2,1-2H3. The number of ketones is 1. The molecule has 4 rings (SSSR count). The first-order valence-corrected chi connectivity index (χ1v) is 9.94. The molecule has 0 N–H and O–H groups in total. The maximum Gasteiger partial charge on any atom is 0.232 e. The van der Waals surface area contributed by atoms with E-state index in [-0.39, 0.29) is 17.6 Å². The molecule has 4 nitrogen and oxygen atoms in total. The number of methoxy groups -OCH3 is 1. The van der Waals surface area contributed by atoms with Gasteiger partial charge in [0, 0.05) is 35.7 Å². The van der Waals surface area contributed by atoms with Crippen molar-refractivity contribution in [3.63, 3.8) is 0 Å². The molecule has 1 aliphatic carbocycles. The van der Waals surface area contributed by atoms with Crippen LogP contribution in [0.15, 0.2) is 59.8 Å². The molecular weight excluding hydrogens is 350 g/mol. The number of hydrogen-bond acceptors (Lipinski definition) is 3. The van der Waals surface area contributed by atoms with Crippen molar-refractivity contribution in [1.29, 1.82) is 0 Å². The van der Waals surface area contributed by atoms with Crippen molar-refractivity contribution in [3.8, 4) is 5.75 Å². The van der Waals surface area contributed by atoms with Crippen LogP contribution in [0.25, 0.3) is 0 Å². The van der Waals surface area contributed by atoms with Crippen molar-refractivity contribution >= 4 is 17.4 Å². The Morgan fingerprint density at radius 3 is 2.57 bits per heavy atom. The molecule has 2 aromatic rings. The number of allylic oxidation sites excluding steroid dienone is 2. The Morgan fingerprint density at radius 1 is 1.07 bits per heavy atom. The van der Waals surface area contributed by atoms with E-state index in [1.54, 1.807) is 12.0 Å². The molecule has 0 saturated carbocycles. The van der Waals surface area contributed by atoms with Gasteiger partial charge in [-0.15, -0.1) is 0 Å². The van der Waals surface area contributed by atoms with Gasteiger partial charge in [-0.05, 0) is 54.7 Å². The van der Waals surface area contributed by atoms with Crippen LogP contribution in [0.5, 0.6) is 5.75 Å². The van der Waals surface area contributed by atoms with Gasteiger partial charge in [0.05, 0.1) is 7.11 Å². The Bertz CT molecular complexity index is 943. The average Bonchev–Trinajstić information content (AvgIpc) is 2.73. The maximum atomic E-state index is 13.2. The fourth-order valence-electron chi connectivity index (χ4n) is 4.32. The number of Topliss-reactive ketones (excluding diaryl/α,β-unsaturated/α-hetero) is 1. The SMILES string of the molecule is CCc1ccc(N2C(=O)CC(c3cccc(OC)c3)C3=C2CCCC3=O)cc1. The van der Waals surface area contributed by atoms with Gasteiger partial charge in [-0.25, -0.2) is 0 Å². The van der Waals surface area contributed by atoms with Crippen LogP contribution in [-0.2, 0) is 16.0 Å². The molecule has 0 bridgehead atoms. The molecule has 1 heterocycles. The molecule has 0 spiro atoms. The summed E-state index contributed by atoms with van der Waals surface area (Å²) < 4.78 is 5.35. The van der Waals surface area contributed by atoms with Crippen LogP contribution in [-0.4, -0.2) is 18.8 Å². The molecule has 1 amide bonds. The van der Waals surface area contributed by atoms with Gasteiger partial charge in [-0.3, -0.25) is 14.5 Å². The van der Waals surface area contributed by atoms with E-state index < -0.39 is 0 Å². The lowest BCUT2D eigenvalue weighted by molar-refractivity contribution is -0.119. The van der Waals surface area contributed by atoms with Gasteiger partial charge in [0.1, 0.15) is 5.75 Å². The predicted octanol–water partition coefficient (Wildman–Crippen LogP) is 4.79. The molecule has 1 unspecified atom stereocenters. The number of benzene rings is 2. The summed E-state index contributed by atoms with van der Waals surface area (Å²) in [5.41, 5.74) is 4.74. The normalized spacial score (nSPS) is 19.6. The summed E-state index contributed by atoms with van der Waals surface area (Å²) in [5.74, 6) is 0.756. The van der Waals surface area contributed by atoms with E-state index in [0.717, 1.165) is 47.5 Å². The Morgan fingerprint density at radius 2 is 1.86 bits per heavy atom. The van der Waals surface area contributed by atoms with Gasteiger partial charge in [-0.1, -0.05) is 31.2 Å². The number of aryl methyl sites for hydroxylation is 1. The quantitative estimate of drug-likeness (QED) is 0.772. The zero-order chi connectivity index (χ0) is 19.7. The number of anilines is 1. The topological polar surface area (TPSA) is 46.6 Å². The fourth-order valence-corrected chi connectivity index (χ4v) is 4.32. The largest absolute Gasteiger partial charge is 0.497 e. The maximum absolute atomic E-state index is 13.2. The lowest BCUT2D eigenvalue weighted by Crippen LogP contribution is -2.40. The number of rotatable bonds is 4. The summed E-state index contributed by atoms with van der Waals surface area (Å²) in [7, 11) is 1.63. The third kappa shape index (κ3) is 3.24. The zero-order valence-electron chi connectivity index (χ0n) is 16.4. The van der Waals surface area contributed by atoms with E-state index in [9.17, 15) is 9.59 Å². The highest BCUT2D eigenvalue weighted by Crippen LogP contribution is 2.43. The molecule has 1 atom stereocenters. The van der Waals surface area contributed by atoms with E-state index in [4.69, 9.17) is 4.74 Å². The first-order chi connectivity index (χ1) is 13.6. The summed E-state index contributed by atoms with van der Waals surface area (Å²) in [6.07, 6.45) is 3.35. The van der Waals surface area contributed by atoms with Gasteiger partial charge in [-0.2, -0.15) is 0 Å². The second kappa shape index (κ2) is 7.63. The molecular formula is C24H25NO3. The van der Waals surface area contributed by atoms with Crippen LogP contribution < -0.4 is 9.64 Å². The van der Waals surface area contributed by atoms with Gasteiger partial charge >= 0.3 is 0 Å². The second-order valence-electron chi connectivity index (χ2n) is 7.42. The molecule has 0 aromatic heterocycles. The summed E-state index contributed by atoms with van der Waals surface area (Å²) in [6.45, 7) is 2.11. The van der Waals surface area contributed by atoms with Crippen molar-refractivity contribution < 1.29 is 14.3 Å². The Balaban J connectivity index is 1.81. The molecule has 144 valence electrons. The summed E-state index contributed by atoms with van der Waals surface area (Å²) in [6, 6.07) is 15.8. The Kier molecular flexibility index (Phi) is 5.03. The smallest absolute Gasteiger partial charge is 0.232 e. The highest BCUT2D eigenvalue weighted by Gasteiger charge is 2.39. The fraction of sp³-hybridized carbons (Fsp3) is 0.333. The van der Waals surface area contributed by atoms with Crippen LogP contribution >= 0.6 is 0 Å². The van der Waals surface area contributed by atoms with Gasteiger partial charge in [0.2, 0.25) is 5.91 Å². The molecule has 0 fully saturated rings. The van der Waals surface area contributed by atoms with E-state index in [0.29, 0.717) is 12.8 Å². The molecule has 0 saturated heterocycles. The summed E-state index contributed by atoms with van der Waals surface area (Å²) in [5, 5.41) is 0. The van der Waals surface area contributed by atoms with E-state index in [2.05, 4.69) is 19.1 Å². The van der Waals surface area contributed by atoms with Crippen LogP contribution in [0.4, 0.5) is 5.69 Å². The van der Waals surface area contributed by atoms with Gasteiger partial charge in [0.25, 0.3) is 0 Å². The molecule has 2 aliphatic rings. The monoisotopic (exact) mass is 375 g/mol. The minimum atomic E-state index is -0.198. The number of amides is 1. The van der Waals surface area contributed by atoms with E-state index in [1.807, 2.05) is 36.4 Å². The minimum Gasteiger partial charge on any atom is -0.497 e. The summed E-state index contributed by atoms with van der Waals surface area (Å²) in [4.78, 5) is 27.9. The Labute approximate surface area is 165 Å². The first kappa shape index (κ1) is 18.5. The van der Waals surface area contributed by atoms with Gasteiger partial charge in [0.15, 0.2) is 5.78 Å². The highest BCUT2D eigenvalue weighted by molar-refractivity contribution is 6.07. The number of ether oxygens (including phenoxy) is 1. The molecule has 4 heteroatoms. The average molecular weight is 375 g/mol. The first-order valence-electron chi connectivity index (χ1n) is 9.94. The van der Waals surface area contributed by atoms with Crippen molar-refractivity contribution in [2.75, 3.05) is 12.0 Å². The van der Waals surface area contributed by atoms with Crippen LogP contribution in [0, 0.1) is 0 Å². The van der Waals surface area contributed by atoms with E-state index in [1.165, 1.54) is 5.56 Å². The lowest BCUT2D eigenvalue weighted by Gasteiger charge is -2.38. The van der Waals surface area contributed by atoms with Crippen LogP contribution in [0.3, 0.4) is 0 Å². The molecule has 1 aliphatic heterocycles. The zero-order valence-corrected chi connectivity index (χ0v) is 16.4. The number of carbonyl (C=O) groups excluding carboxylic acids is 2. The van der Waals surface area contributed by atoms with Gasteiger partial charge < -0.3 is 4.74 Å². The summed E-state index contributed by atoms with van der Waals surface area (Å²) >= 11 is 0. The second-order valence-corrected chi connectivity index (χ2v) is 7.42. The number of nitrogens with zero attached hydrogens (tertiary/aromatic N) is 1. The van der Waals surface area contributed by atoms with Crippen molar-refractivity contribution in [2.24, 2.45) is 0 Å². The Hall–Kier alpha value is -2.88.